The third-order valence-corrected chi connectivity index (χ3v) is 5.10. The first-order valence-electron chi connectivity index (χ1n) is 9.08. The molecule has 0 saturated carbocycles. The molecule has 4 rings (SSSR count). The van der Waals surface area contributed by atoms with Gasteiger partial charge in [-0.2, -0.15) is 4.98 Å². The summed E-state index contributed by atoms with van der Waals surface area (Å²) in [4.78, 5) is 20.4. The van der Waals surface area contributed by atoms with E-state index in [1.54, 1.807) is 6.20 Å². The van der Waals surface area contributed by atoms with Crippen LogP contribution in [0.5, 0.6) is 0 Å². The minimum Gasteiger partial charge on any atom is -0.369 e. The molecule has 1 aliphatic rings. The van der Waals surface area contributed by atoms with Crippen molar-refractivity contribution in [1.82, 2.24) is 9.97 Å². The van der Waals surface area contributed by atoms with Crippen LogP contribution in [-0.2, 0) is 17.6 Å². The molecule has 0 fully saturated rings. The topological polar surface area (TPSA) is 78.9 Å². The molecule has 3 N–H and O–H groups in total. The molecule has 6 nitrogen and oxygen atoms in total. The number of aromatic nitrogens is 2. The molecule has 0 aliphatic carbocycles. The Kier molecular flexibility index (Phi) is 5.25. The molecule has 1 aliphatic heterocycles. The number of carbonyl (C=O) groups is 1. The number of halogens is 1. The SMILES string of the molecule is Cc1cccc(CCNc2nc(Nc3ccc4c(c3)CC(=O)N4)ncc2Br)c1. The van der Waals surface area contributed by atoms with Crippen LogP contribution in [-0.4, -0.2) is 22.4 Å². The maximum Gasteiger partial charge on any atom is 0.229 e. The Balaban J connectivity index is 1.42. The number of hydrogen-bond donors (Lipinski definition) is 3. The first kappa shape index (κ1) is 18.4. The third kappa shape index (κ3) is 4.31. The minimum atomic E-state index is 0.0205. The van der Waals surface area contributed by atoms with Gasteiger partial charge < -0.3 is 16.0 Å². The van der Waals surface area contributed by atoms with E-state index in [2.05, 4.69) is 73.0 Å². The van der Waals surface area contributed by atoms with Crippen LogP contribution in [0.4, 0.5) is 23.1 Å². The number of nitrogens with one attached hydrogen (secondary N) is 3. The smallest absolute Gasteiger partial charge is 0.229 e. The Morgan fingerprint density at radius 2 is 2.11 bits per heavy atom. The van der Waals surface area contributed by atoms with Gasteiger partial charge in [-0.15, -0.1) is 0 Å². The summed E-state index contributed by atoms with van der Waals surface area (Å²) in [5, 5.41) is 9.40. The van der Waals surface area contributed by atoms with E-state index < -0.39 is 0 Å². The molecule has 1 amide bonds. The number of carbonyl (C=O) groups excluding carboxylic acids is 1. The van der Waals surface area contributed by atoms with Crippen LogP contribution < -0.4 is 16.0 Å². The number of nitrogens with zero attached hydrogens (tertiary/aromatic N) is 2. The molecule has 0 atom stereocenters. The second-order valence-corrected chi connectivity index (χ2v) is 7.63. The van der Waals surface area contributed by atoms with Crippen LogP contribution in [0.25, 0.3) is 0 Å². The first-order valence-corrected chi connectivity index (χ1v) is 9.88. The summed E-state index contributed by atoms with van der Waals surface area (Å²) < 4.78 is 0.811. The van der Waals surface area contributed by atoms with Crippen molar-refractivity contribution >= 4 is 45.0 Å². The number of benzene rings is 2. The first-order chi connectivity index (χ1) is 13.6. The fourth-order valence-electron chi connectivity index (χ4n) is 3.18. The van der Waals surface area contributed by atoms with Gasteiger partial charge in [0.15, 0.2) is 0 Å². The number of hydrogen-bond acceptors (Lipinski definition) is 5. The summed E-state index contributed by atoms with van der Waals surface area (Å²) in [5.74, 6) is 1.26. The van der Waals surface area contributed by atoms with Crippen LogP contribution in [0, 0.1) is 6.92 Å². The van der Waals surface area contributed by atoms with Gasteiger partial charge in [-0.05, 0) is 58.6 Å². The summed E-state index contributed by atoms with van der Waals surface area (Å²) in [6.07, 6.45) is 3.04. The fraction of sp³-hybridized carbons (Fsp3) is 0.190. The zero-order chi connectivity index (χ0) is 19.5. The van der Waals surface area contributed by atoms with Gasteiger partial charge in [0.1, 0.15) is 5.82 Å². The van der Waals surface area contributed by atoms with E-state index in [4.69, 9.17) is 0 Å². The quantitative estimate of drug-likeness (QED) is 0.531. The van der Waals surface area contributed by atoms with Crippen molar-refractivity contribution < 1.29 is 4.79 Å². The predicted molar refractivity (Wildman–Crippen MR) is 115 cm³/mol. The Morgan fingerprint density at radius 3 is 2.96 bits per heavy atom. The molecule has 0 unspecified atom stereocenters. The molecule has 1 aromatic heterocycles. The van der Waals surface area contributed by atoms with Gasteiger partial charge in [-0.3, -0.25) is 4.79 Å². The van der Waals surface area contributed by atoms with E-state index in [0.29, 0.717) is 12.4 Å². The summed E-state index contributed by atoms with van der Waals surface area (Å²) >= 11 is 3.50. The highest BCUT2D eigenvalue weighted by Gasteiger charge is 2.17. The molecule has 3 aromatic rings. The third-order valence-electron chi connectivity index (χ3n) is 4.52. The highest BCUT2D eigenvalue weighted by Crippen LogP contribution is 2.28. The highest BCUT2D eigenvalue weighted by atomic mass is 79.9. The standard InChI is InChI=1S/C21H20BrN5O/c1-13-3-2-4-14(9-13)7-8-23-20-17(22)12-24-21(27-20)25-16-5-6-18-15(10-16)11-19(28)26-18/h2-6,9-10,12H,7-8,11H2,1H3,(H,26,28)(H2,23,24,25,27). The van der Waals surface area contributed by atoms with Crippen molar-refractivity contribution in [2.45, 2.75) is 19.8 Å². The largest absolute Gasteiger partial charge is 0.369 e. The summed E-state index contributed by atoms with van der Waals surface area (Å²) in [6.45, 7) is 2.87. The van der Waals surface area contributed by atoms with Crippen molar-refractivity contribution in [2.75, 3.05) is 22.5 Å². The fourth-order valence-corrected chi connectivity index (χ4v) is 3.51. The molecule has 0 saturated heterocycles. The number of rotatable bonds is 6. The van der Waals surface area contributed by atoms with Crippen molar-refractivity contribution in [3.63, 3.8) is 0 Å². The Labute approximate surface area is 171 Å². The Bertz CT molecular complexity index is 1040. The van der Waals surface area contributed by atoms with Crippen LogP contribution in [0.1, 0.15) is 16.7 Å². The van der Waals surface area contributed by atoms with Gasteiger partial charge in [0.05, 0.1) is 10.9 Å². The lowest BCUT2D eigenvalue weighted by Gasteiger charge is -2.11. The van der Waals surface area contributed by atoms with Crippen molar-refractivity contribution in [2.24, 2.45) is 0 Å². The normalized spacial score (nSPS) is 12.4. The number of anilines is 4. The van der Waals surface area contributed by atoms with Gasteiger partial charge in [-0.25, -0.2) is 4.98 Å². The lowest BCUT2D eigenvalue weighted by atomic mass is 10.1. The number of fused-ring (bicyclic) bond motifs is 1. The van der Waals surface area contributed by atoms with Crippen molar-refractivity contribution in [3.8, 4) is 0 Å². The lowest BCUT2D eigenvalue weighted by Crippen LogP contribution is -2.09. The van der Waals surface area contributed by atoms with Crippen molar-refractivity contribution in [3.05, 3.63) is 69.8 Å². The maximum absolute atomic E-state index is 11.5. The lowest BCUT2D eigenvalue weighted by molar-refractivity contribution is -0.115. The molecule has 2 heterocycles. The van der Waals surface area contributed by atoms with E-state index in [1.165, 1.54) is 11.1 Å². The summed E-state index contributed by atoms with van der Waals surface area (Å²) in [5.41, 5.74) is 5.24. The molecule has 28 heavy (non-hydrogen) atoms. The Hall–Kier alpha value is -2.93. The van der Waals surface area contributed by atoms with E-state index in [1.807, 2.05) is 18.2 Å². The molecule has 0 spiro atoms. The van der Waals surface area contributed by atoms with Gasteiger partial charge in [0, 0.05) is 24.1 Å². The van der Waals surface area contributed by atoms with Gasteiger partial charge in [-0.1, -0.05) is 29.8 Å². The average Bonchev–Trinajstić information content (AvgIpc) is 3.04. The van der Waals surface area contributed by atoms with Crippen LogP contribution in [0.3, 0.4) is 0 Å². The second-order valence-electron chi connectivity index (χ2n) is 6.78. The zero-order valence-electron chi connectivity index (χ0n) is 15.4. The van der Waals surface area contributed by atoms with Gasteiger partial charge in [0.25, 0.3) is 0 Å². The molecular weight excluding hydrogens is 418 g/mol. The number of aryl methyl sites for hydroxylation is 1. The molecule has 0 bridgehead atoms. The molecule has 142 valence electrons. The highest BCUT2D eigenvalue weighted by molar-refractivity contribution is 9.10. The van der Waals surface area contributed by atoms with Gasteiger partial charge in [0.2, 0.25) is 11.9 Å². The predicted octanol–water partition coefficient (Wildman–Crippen LogP) is 4.44. The van der Waals surface area contributed by atoms with Crippen molar-refractivity contribution in [1.29, 1.82) is 0 Å². The second kappa shape index (κ2) is 7.98. The van der Waals surface area contributed by atoms with Gasteiger partial charge >= 0.3 is 0 Å². The minimum absolute atomic E-state index is 0.0205. The van der Waals surface area contributed by atoms with E-state index in [-0.39, 0.29) is 5.91 Å². The molecular formula is C21H20BrN5O. The average molecular weight is 438 g/mol. The Morgan fingerprint density at radius 1 is 1.21 bits per heavy atom. The van der Waals surface area contributed by atoms with E-state index in [0.717, 1.165) is 40.2 Å². The maximum atomic E-state index is 11.5. The van der Waals surface area contributed by atoms with Crippen LogP contribution in [0.15, 0.2) is 53.1 Å². The van der Waals surface area contributed by atoms with E-state index >= 15 is 0 Å². The summed E-state index contributed by atoms with van der Waals surface area (Å²) in [7, 11) is 0. The number of amides is 1. The molecule has 7 heteroatoms. The molecule has 2 aromatic carbocycles. The zero-order valence-corrected chi connectivity index (χ0v) is 17.0. The molecule has 0 radical (unpaired) electrons. The van der Waals surface area contributed by atoms with Crippen LogP contribution >= 0.6 is 15.9 Å². The monoisotopic (exact) mass is 437 g/mol. The van der Waals surface area contributed by atoms with Crippen LogP contribution in [0.2, 0.25) is 0 Å². The van der Waals surface area contributed by atoms with E-state index in [9.17, 15) is 4.79 Å². The summed E-state index contributed by atoms with van der Waals surface area (Å²) in [6, 6.07) is 14.2.